The summed E-state index contributed by atoms with van der Waals surface area (Å²) in [6.45, 7) is 3.20. The van der Waals surface area contributed by atoms with Crippen LogP contribution in [-0.2, 0) is 0 Å². The molecule has 1 aliphatic rings. The SMILES string of the molecule is CCCNC(c1cc(Cl)ccc1Cl)C1CSCCS1. The predicted molar refractivity (Wildman–Crippen MR) is 91.1 cm³/mol. The number of hydrogen-bond acceptors (Lipinski definition) is 3. The van der Waals surface area contributed by atoms with Crippen molar-refractivity contribution in [2.24, 2.45) is 0 Å². The van der Waals surface area contributed by atoms with Crippen molar-refractivity contribution in [3.05, 3.63) is 33.8 Å². The van der Waals surface area contributed by atoms with Crippen molar-refractivity contribution in [1.82, 2.24) is 5.32 Å². The maximum Gasteiger partial charge on any atom is 0.0464 e. The molecule has 0 bridgehead atoms. The zero-order valence-corrected chi connectivity index (χ0v) is 14.1. The molecule has 0 amide bonds. The first kappa shape index (κ1) is 15.8. The van der Waals surface area contributed by atoms with Crippen LogP contribution < -0.4 is 5.32 Å². The lowest BCUT2D eigenvalue weighted by Gasteiger charge is -2.31. The molecule has 1 aromatic carbocycles. The van der Waals surface area contributed by atoms with Crippen molar-refractivity contribution < 1.29 is 0 Å². The quantitative estimate of drug-likeness (QED) is 0.823. The summed E-state index contributed by atoms with van der Waals surface area (Å²) in [5.41, 5.74) is 1.14. The fraction of sp³-hybridized carbons (Fsp3) is 0.571. The Morgan fingerprint density at radius 2 is 2.21 bits per heavy atom. The Kier molecular flexibility index (Phi) is 6.70. The number of hydrogen-bond donors (Lipinski definition) is 1. The highest BCUT2D eigenvalue weighted by Crippen LogP contribution is 2.37. The van der Waals surface area contributed by atoms with E-state index >= 15 is 0 Å². The number of benzene rings is 1. The number of rotatable bonds is 5. The molecule has 1 N–H and O–H groups in total. The third-order valence-electron chi connectivity index (χ3n) is 3.12. The molecular weight excluding hydrogens is 317 g/mol. The molecule has 0 aromatic heterocycles. The first-order chi connectivity index (χ1) is 9.22. The molecule has 0 aliphatic carbocycles. The molecule has 0 spiro atoms. The predicted octanol–water partition coefficient (Wildman–Crippen LogP) is 4.88. The van der Waals surface area contributed by atoms with Gasteiger partial charge in [-0.2, -0.15) is 23.5 Å². The smallest absolute Gasteiger partial charge is 0.0464 e. The maximum atomic E-state index is 6.37. The highest BCUT2D eigenvalue weighted by Gasteiger charge is 2.27. The molecule has 2 atom stereocenters. The molecule has 1 aliphatic heterocycles. The van der Waals surface area contributed by atoms with Crippen LogP contribution in [0.4, 0.5) is 0 Å². The van der Waals surface area contributed by atoms with Crippen LogP contribution in [0, 0.1) is 0 Å². The Morgan fingerprint density at radius 3 is 2.89 bits per heavy atom. The fourth-order valence-corrected chi connectivity index (χ4v) is 5.47. The second-order valence-electron chi connectivity index (χ2n) is 4.58. The van der Waals surface area contributed by atoms with Crippen molar-refractivity contribution in [2.75, 3.05) is 23.8 Å². The molecular formula is C14H19Cl2NS2. The average Bonchev–Trinajstić information content (AvgIpc) is 2.44. The Hall–Kier alpha value is 0.460. The molecule has 19 heavy (non-hydrogen) atoms. The summed E-state index contributed by atoms with van der Waals surface area (Å²) in [6.07, 6.45) is 1.12. The highest BCUT2D eigenvalue weighted by molar-refractivity contribution is 8.06. The van der Waals surface area contributed by atoms with E-state index in [0.717, 1.165) is 28.6 Å². The second-order valence-corrected chi connectivity index (χ2v) is 7.92. The van der Waals surface area contributed by atoms with Gasteiger partial charge in [0.05, 0.1) is 0 Å². The third-order valence-corrected chi connectivity index (χ3v) is 6.56. The van der Waals surface area contributed by atoms with Gasteiger partial charge in [0.2, 0.25) is 0 Å². The van der Waals surface area contributed by atoms with Crippen LogP contribution in [-0.4, -0.2) is 29.1 Å². The minimum atomic E-state index is 0.295. The standard InChI is InChI=1S/C14H19Cl2NS2/c1-2-5-17-14(13-9-18-6-7-19-13)11-8-10(15)3-4-12(11)16/h3-4,8,13-14,17H,2,5-7,9H2,1H3. The molecule has 1 saturated heterocycles. The lowest BCUT2D eigenvalue weighted by Crippen LogP contribution is -2.34. The van der Waals surface area contributed by atoms with Crippen LogP contribution in [0.1, 0.15) is 24.9 Å². The van der Waals surface area contributed by atoms with E-state index in [4.69, 9.17) is 23.2 Å². The van der Waals surface area contributed by atoms with Crippen molar-refractivity contribution in [3.63, 3.8) is 0 Å². The topological polar surface area (TPSA) is 12.0 Å². The van der Waals surface area contributed by atoms with Gasteiger partial charge in [-0.15, -0.1) is 0 Å². The summed E-state index contributed by atoms with van der Waals surface area (Å²) < 4.78 is 0. The van der Waals surface area contributed by atoms with Crippen LogP contribution >= 0.6 is 46.7 Å². The van der Waals surface area contributed by atoms with Gasteiger partial charge in [-0.25, -0.2) is 0 Å². The van der Waals surface area contributed by atoms with Crippen molar-refractivity contribution in [1.29, 1.82) is 0 Å². The van der Waals surface area contributed by atoms with Gasteiger partial charge in [-0.1, -0.05) is 30.1 Å². The third kappa shape index (κ3) is 4.47. The molecule has 1 aromatic rings. The molecule has 0 saturated carbocycles. The zero-order valence-electron chi connectivity index (χ0n) is 11.0. The van der Waals surface area contributed by atoms with Gasteiger partial charge >= 0.3 is 0 Å². The van der Waals surface area contributed by atoms with E-state index in [-0.39, 0.29) is 0 Å². The average molecular weight is 336 g/mol. The van der Waals surface area contributed by atoms with Gasteiger partial charge in [0.1, 0.15) is 0 Å². The van der Waals surface area contributed by atoms with Gasteiger partial charge in [-0.05, 0) is 36.7 Å². The number of nitrogens with one attached hydrogen (secondary N) is 1. The van der Waals surface area contributed by atoms with E-state index in [2.05, 4.69) is 12.2 Å². The van der Waals surface area contributed by atoms with Crippen LogP contribution in [0.2, 0.25) is 10.0 Å². The number of halogens is 2. The molecule has 1 fully saturated rings. The normalized spacial score (nSPS) is 21.3. The van der Waals surface area contributed by atoms with Crippen molar-refractivity contribution in [2.45, 2.75) is 24.6 Å². The molecule has 2 rings (SSSR count). The van der Waals surface area contributed by atoms with Crippen LogP contribution in [0.15, 0.2) is 18.2 Å². The van der Waals surface area contributed by atoms with Gasteiger partial charge in [0, 0.05) is 38.6 Å². The van der Waals surface area contributed by atoms with Crippen molar-refractivity contribution >= 4 is 46.7 Å². The molecule has 0 radical (unpaired) electrons. The van der Waals surface area contributed by atoms with Gasteiger partial charge in [0.25, 0.3) is 0 Å². The van der Waals surface area contributed by atoms with Crippen LogP contribution in [0.25, 0.3) is 0 Å². The lowest BCUT2D eigenvalue weighted by molar-refractivity contribution is 0.530. The van der Waals surface area contributed by atoms with E-state index in [1.54, 1.807) is 0 Å². The first-order valence-electron chi connectivity index (χ1n) is 6.60. The Balaban J connectivity index is 2.22. The Morgan fingerprint density at radius 1 is 1.37 bits per heavy atom. The molecule has 106 valence electrons. The maximum absolute atomic E-state index is 6.37. The summed E-state index contributed by atoms with van der Waals surface area (Å²) in [5.74, 6) is 3.65. The Bertz CT molecular complexity index is 408. The fourth-order valence-electron chi connectivity index (χ4n) is 2.19. The summed E-state index contributed by atoms with van der Waals surface area (Å²) >= 11 is 16.6. The number of thioether (sulfide) groups is 2. The monoisotopic (exact) mass is 335 g/mol. The van der Waals surface area contributed by atoms with Crippen molar-refractivity contribution in [3.8, 4) is 0 Å². The van der Waals surface area contributed by atoms with Gasteiger partial charge in [0.15, 0.2) is 0 Å². The van der Waals surface area contributed by atoms with Gasteiger partial charge in [-0.3, -0.25) is 0 Å². The summed E-state index contributed by atoms with van der Waals surface area (Å²) in [6, 6.07) is 6.06. The summed E-state index contributed by atoms with van der Waals surface area (Å²) in [5, 5.41) is 5.79. The van der Waals surface area contributed by atoms with Crippen LogP contribution in [0.3, 0.4) is 0 Å². The summed E-state index contributed by atoms with van der Waals surface area (Å²) in [4.78, 5) is 0. The van der Waals surface area contributed by atoms with E-state index < -0.39 is 0 Å². The minimum absolute atomic E-state index is 0.295. The lowest BCUT2D eigenvalue weighted by atomic mass is 10.0. The highest BCUT2D eigenvalue weighted by atomic mass is 35.5. The Labute approximate surface area is 134 Å². The van der Waals surface area contributed by atoms with E-state index in [9.17, 15) is 0 Å². The van der Waals surface area contributed by atoms with E-state index in [1.165, 1.54) is 17.3 Å². The van der Waals surface area contributed by atoms with Gasteiger partial charge < -0.3 is 5.32 Å². The molecule has 5 heteroatoms. The van der Waals surface area contributed by atoms with E-state index in [1.807, 2.05) is 41.7 Å². The molecule has 2 unspecified atom stereocenters. The van der Waals surface area contributed by atoms with Crippen LogP contribution in [0.5, 0.6) is 0 Å². The largest absolute Gasteiger partial charge is 0.309 e. The molecule has 1 heterocycles. The molecule has 1 nitrogen and oxygen atoms in total. The minimum Gasteiger partial charge on any atom is -0.309 e. The van der Waals surface area contributed by atoms with E-state index in [0.29, 0.717) is 11.3 Å². The second kappa shape index (κ2) is 8.04. The summed E-state index contributed by atoms with van der Waals surface area (Å²) in [7, 11) is 0. The first-order valence-corrected chi connectivity index (χ1v) is 9.56. The zero-order chi connectivity index (χ0) is 13.7.